The van der Waals surface area contributed by atoms with Gasteiger partial charge in [-0.2, -0.15) is 0 Å². The first-order valence-electron chi connectivity index (χ1n) is 10.1. The third-order valence-electron chi connectivity index (χ3n) is 6.65. The van der Waals surface area contributed by atoms with E-state index in [-0.39, 0.29) is 42.1 Å². The maximum atomic E-state index is 13.0. The summed E-state index contributed by atoms with van der Waals surface area (Å²) in [6.45, 7) is 1.98. The lowest BCUT2D eigenvalue weighted by Gasteiger charge is -2.19. The number of amides is 2. The van der Waals surface area contributed by atoms with Crippen molar-refractivity contribution in [2.45, 2.75) is 20.0 Å². The number of allylic oxidation sites excluding steroid dienone is 2. The van der Waals surface area contributed by atoms with Crippen LogP contribution in [0.4, 0.5) is 5.69 Å². The second-order valence-corrected chi connectivity index (χ2v) is 9.12. The summed E-state index contributed by atoms with van der Waals surface area (Å²) >= 11 is 12.2. The van der Waals surface area contributed by atoms with Crippen LogP contribution in [0.3, 0.4) is 0 Å². The highest BCUT2D eigenvalue weighted by Gasteiger charge is 2.60. The van der Waals surface area contributed by atoms with Crippen molar-refractivity contribution in [2.75, 3.05) is 4.90 Å². The molecule has 2 aromatic rings. The van der Waals surface area contributed by atoms with Gasteiger partial charge in [0.15, 0.2) is 0 Å². The first kappa shape index (κ1) is 20.3. The fourth-order valence-electron chi connectivity index (χ4n) is 5.17. The number of ether oxygens (including phenoxy) is 1. The Balaban J connectivity index is 1.30. The van der Waals surface area contributed by atoms with Crippen LogP contribution in [-0.2, 0) is 20.9 Å². The molecule has 2 aliphatic carbocycles. The Hall–Kier alpha value is -2.63. The van der Waals surface area contributed by atoms with E-state index in [4.69, 9.17) is 27.9 Å². The summed E-state index contributed by atoms with van der Waals surface area (Å²) in [5.41, 5.74) is 2.54. The molecule has 2 aromatic carbocycles. The molecule has 2 fully saturated rings. The van der Waals surface area contributed by atoms with Gasteiger partial charge in [0.05, 0.1) is 23.1 Å². The quantitative estimate of drug-likeness (QED) is 0.367. The van der Waals surface area contributed by atoms with Crippen molar-refractivity contribution in [3.63, 3.8) is 0 Å². The third-order valence-corrected chi connectivity index (χ3v) is 7.36. The Kier molecular flexibility index (Phi) is 4.91. The van der Waals surface area contributed by atoms with Crippen molar-refractivity contribution >= 4 is 46.7 Å². The number of nitrogens with zero attached hydrogens (tertiary/aromatic N) is 1. The van der Waals surface area contributed by atoms with Gasteiger partial charge in [-0.15, -0.1) is 0 Å². The minimum Gasteiger partial charge on any atom is -0.457 e. The molecule has 2 bridgehead atoms. The van der Waals surface area contributed by atoms with Crippen molar-refractivity contribution in [3.8, 4) is 0 Å². The summed E-state index contributed by atoms with van der Waals surface area (Å²) in [6, 6.07) is 11.4. The van der Waals surface area contributed by atoms with E-state index in [1.165, 1.54) is 10.5 Å². The summed E-state index contributed by atoms with van der Waals surface area (Å²) in [5, 5.41) is 0.844. The van der Waals surface area contributed by atoms with Gasteiger partial charge >= 0.3 is 5.97 Å². The predicted octanol–water partition coefficient (Wildman–Crippen LogP) is 5.05. The van der Waals surface area contributed by atoms with Gasteiger partial charge in [0.1, 0.15) is 6.61 Å². The number of hydrogen-bond acceptors (Lipinski definition) is 4. The van der Waals surface area contributed by atoms with Crippen molar-refractivity contribution in [1.29, 1.82) is 0 Å². The fraction of sp³-hybridized carbons (Fsp3) is 0.292. The second-order valence-electron chi connectivity index (χ2n) is 8.30. The average molecular weight is 456 g/mol. The number of rotatable bonds is 4. The zero-order chi connectivity index (χ0) is 21.9. The molecule has 5 nitrogen and oxygen atoms in total. The zero-order valence-electron chi connectivity index (χ0n) is 16.7. The fourth-order valence-corrected chi connectivity index (χ4v) is 5.67. The van der Waals surface area contributed by atoms with Crippen LogP contribution in [0.1, 0.15) is 29.3 Å². The lowest BCUT2D eigenvalue weighted by atomic mass is 9.82. The standard InChI is InChI=1S/C24H19Cl2NO4/c1-12-9-14-10-16(12)21-20(14)22(28)27(23(21)29)15-7-5-13(6-8-15)24(30)31-11-17-18(25)3-2-4-19(17)26/h2-9,14,16,20-21H,10-11H2,1H3/t14-,16+,20-,21-/m1/s1. The van der Waals surface area contributed by atoms with Gasteiger partial charge < -0.3 is 4.74 Å². The van der Waals surface area contributed by atoms with Gasteiger partial charge in [-0.25, -0.2) is 4.79 Å². The summed E-state index contributed by atoms with van der Waals surface area (Å²) in [5.74, 6) is -1.02. The average Bonchev–Trinajstić information content (AvgIpc) is 3.38. The maximum Gasteiger partial charge on any atom is 0.338 e. The normalized spacial score (nSPS) is 26.3. The van der Waals surface area contributed by atoms with Crippen molar-refractivity contribution in [3.05, 3.63) is 75.3 Å². The number of carbonyl (C=O) groups is 3. The minimum atomic E-state index is -0.545. The number of imide groups is 1. The Bertz CT molecular complexity index is 1120. The van der Waals surface area contributed by atoms with E-state index < -0.39 is 5.97 Å². The van der Waals surface area contributed by atoms with Crippen LogP contribution >= 0.6 is 23.2 Å². The van der Waals surface area contributed by atoms with Crippen LogP contribution in [0.15, 0.2) is 54.1 Å². The molecular weight excluding hydrogens is 437 g/mol. The Morgan fingerprint density at radius 2 is 1.68 bits per heavy atom. The van der Waals surface area contributed by atoms with Gasteiger partial charge in [0.2, 0.25) is 11.8 Å². The molecule has 0 aromatic heterocycles. The molecule has 3 aliphatic rings. The Labute approximate surface area is 189 Å². The highest BCUT2D eigenvalue weighted by Crippen LogP contribution is 2.55. The van der Waals surface area contributed by atoms with E-state index in [1.807, 2.05) is 6.92 Å². The topological polar surface area (TPSA) is 63.7 Å². The highest BCUT2D eigenvalue weighted by molar-refractivity contribution is 6.36. The number of anilines is 1. The molecule has 158 valence electrons. The molecule has 1 saturated heterocycles. The lowest BCUT2D eigenvalue weighted by molar-refractivity contribution is -0.123. The van der Waals surface area contributed by atoms with Crippen LogP contribution < -0.4 is 4.90 Å². The largest absolute Gasteiger partial charge is 0.457 e. The summed E-state index contributed by atoms with van der Waals surface area (Å²) < 4.78 is 5.33. The molecule has 2 amide bonds. The molecule has 1 aliphatic heterocycles. The van der Waals surface area contributed by atoms with Gasteiger partial charge in [0, 0.05) is 15.6 Å². The van der Waals surface area contributed by atoms with Gasteiger partial charge in [0.25, 0.3) is 0 Å². The molecular formula is C24H19Cl2NO4. The van der Waals surface area contributed by atoms with Crippen LogP contribution in [-0.4, -0.2) is 17.8 Å². The number of halogens is 2. The van der Waals surface area contributed by atoms with E-state index in [0.29, 0.717) is 26.9 Å². The molecule has 0 unspecified atom stereocenters. The van der Waals surface area contributed by atoms with E-state index in [9.17, 15) is 14.4 Å². The number of hydrogen-bond donors (Lipinski definition) is 0. The predicted molar refractivity (Wildman–Crippen MR) is 117 cm³/mol. The molecule has 4 atom stereocenters. The zero-order valence-corrected chi connectivity index (χ0v) is 18.2. The van der Waals surface area contributed by atoms with Gasteiger partial charge in [-0.1, -0.05) is 40.9 Å². The summed E-state index contributed by atoms with van der Waals surface area (Å²) in [6.07, 6.45) is 3.04. The first-order valence-corrected chi connectivity index (χ1v) is 10.9. The molecule has 1 heterocycles. The van der Waals surface area contributed by atoms with Gasteiger partial charge in [-0.05, 0) is 61.6 Å². The minimum absolute atomic E-state index is 0.0549. The maximum absolute atomic E-state index is 13.0. The second kappa shape index (κ2) is 7.50. The van der Waals surface area contributed by atoms with Crippen LogP contribution in [0.5, 0.6) is 0 Å². The molecule has 31 heavy (non-hydrogen) atoms. The number of benzene rings is 2. The van der Waals surface area contributed by atoms with E-state index in [0.717, 1.165) is 6.42 Å². The molecule has 7 heteroatoms. The van der Waals surface area contributed by atoms with Crippen LogP contribution in [0.2, 0.25) is 10.0 Å². The monoisotopic (exact) mass is 455 g/mol. The molecule has 5 rings (SSSR count). The highest BCUT2D eigenvalue weighted by atomic mass is 35.5. The SMILES string of the molecule is CC1=C[C@@H]2C[C@@H]1[C@H]1C(=O)N(c3ccc(C(=O)OCc4c(Cl)cccc4Cl)cc3)C(=O)[C@@H]12. The Morgan fingerprint density at radius 1 is 1.03 bits per heavy atom. The molecule has 0 radical (unpaired) electrons. The van der Waals surface area contributed by atoms with Crippen LogP contribution in [0.25, 0.3) is 0 Å². The number of fused-ring (bicyclic) bond motifs is 5. The first-order chi connectivity index (χ1) is 14.9. The van der Waals surface area contributed by atoms with Crippen molar-refractivity contribution in [1.82, 2.24) is 0 Å². The van der Waals surface area contributed by atoms with E-state index >= 15 is 0 Å². The molecule has 1 saturated carbocycles. The smallest absolute Gasteiger partial charge is 0.338 e. The summed E-state index contributed by atoms with van der Waals surface area (Å²) in [7, 11) is 0. The van der Waals surface area contributed by atoms with Crippen molar-refractivity contribution < 1.29 is 19.1 Å². The molecule has 0 N–H and O–H groups in total. The van der Waals surface area contributed by atoms with E-state index in [2.05, 4.69) is 6.08 Å². The Morgan fingerprint density at radius 3 is 2.35 bits per heavy atom. The molecule has 0 spiro atoms. The number of esters is 1. The van der Waals surface area contributed by atoms with E-state index in [1.54, 1.807) is 42.5 Å². The van der Waals surface area contributed by atoms with Crippen molar-refractivity contribution in [2.24, 2.45) is 23.7 Å². The summed E-state index contributed by atoms with van der Waals surface area (Å²) in [4.78, 5) is 39.7. The third kappa shape index (κ3) is 3.19. The lowest BCUT2D eigenvalue weighted by Crippen LogP contribution is -2.32. The number of carbonyl (C=O) groups excluding carboxylic acids is 3. The van der Waals surface area contributed by atoms with Gasteiger partial charge in [-0.3, -0.25) is 14.5 Å². The van der Waals surface area contributed by atoms with Crippen LogP contribution in [0, 0.1) is 23.7 Å².